The number of rotatable bonds is 1. The second kappa shape index (κ2) is 4.46. The summed E-state index contributed by atoms with van der Waals surface area (Å²) < 4.78 is 5.24. The van der Waals surface area contributed by atoms with Crippen LogP contribution >= 0.6 is 0 Å². The van der Waals surface area contributed by atoms with Gasteiger partial charge in [-0.25, -0.2) is 4.79 Å². The Bertz CT molecular complexity index is 182. The first-order valence-electron chi connectivity index (χ1n) is 4.64. The second-order valence-electron chi connectivity index (χ2n) is 3.62. The fourth-order valence-corrected chi connectivity index (χ4v) is 1.59. The molecule has 0 aliphatic carbocycles. The summed E-state index contributed by atoms with van der Waals surface area (Å²) in [5, 5.41) is 0. The van der Waals surface area contributed by atoms with Crippen LogP contribution in [0.15, 0.2) is 0 Å². The van der Waals surface area contributed by atoms with Crippen molar-refractivity contribution in [3.8, 4) is 0 Å². The molecule has 0 aromatic carbocycles. The number of amides is 2. The Balaban J connectivity index is 2.46. The zero-order valence-electron chi connectivity index (χ0n) is 8.62. The van der Waals surface area contributed by atoms with Gasteiger partial charge in [-0.05, 0) is 12.8 Å². The number of carbonyl (C=O) groups excluding carboxylic acids is 1. The number of ether oxygens (including phenoxy) is 1. The third-order valence-corrected chi connectivity index (χ3v) is 2.36. The van der Waals surface area contributed by atoms with Gasteiger partial charge < -0.3 is 14.5 Å². The van der Waals surface area contributed by atoms with Crippen molar-refractivity contribution in [1.82, 2.24) is 9.80 Å². The van der Waals surface area contributed by atoms with Crippen LogP contribution in [0.5, 0.6) is 0 Å². The second-order valence-corrected chi connectivity index (χ2v) is 3.62. The maximum atomic E-state index is 11.6. The number of methoxy groups -OCH3 is 1. The molecule has 4 heteroatoms. The molecular formula is C9H18N2O2. The quantitative estimate of drug-likeness (QED) is 0.606. The minimum atomic E-state index is 0.0850. The third-order valence-electron chi connectivity index (χ3n) is 2.36. The molecule has 0 radical (unpaired) electrons. The Kier molecular flexibility index (Phi) is 3.54. The molecule has 1 atom stereocenters. The summed E-state index contributed by atoms with van der Waals surface area (Å²) in [6.45, 7) is 1.59. The van der Waals surface area contributed by atoms with Crippen molar-refractivity contribution in [3.05, 3.63) is 0 Å². The van der Waals surface area contributed by atoms with Crippen molar-refractivity contribution in [2.24, 2.45) is 0 Å². The summed E-state index contributed by atoms with van der Waals surface area (Å²) in [7, 11) is 5.26. The highest BCUT2D eigenvalue weighted by molar-refractivity contribution is 5.73. The first-order valence-corrected chi connectivity index (χ1v) is 4.64. The molecule has 1 heterocycles. The van der Waals surface area contributed by atoms with Crippen molar-refractivity contribution < 1.29 is 9.53 Å². The molecule has 1 aliphatic rings. The van der Waals surface area contributed by atoms with Gasteiger partial charge in [0.2, 0.25) is 0 Å². The molecule has 1 aliphatic heterocycles. The molecule has 1 saturated heterocycles. The van der Waals surface area contributed by atoms with E-state index in [4.69, 9.17) is 4.74 Å². The van der Waals surface area contributed by atoms with E-state index in [1.165, 1.54) is 0 Å². The van der Waals surface area contributed by atoms with Gasteiger partial charge in [0.25, 0.3) is 0 Å². The van der Waals surface area contributed by atoms with E-state index in [9.17, 15) is 4.79 Å². The molecule has 13 heavy (non-hydrogen) atoms. The van der Waals surface area contributed by atoms with E-state index in [0.29, 0.717) is 0 Å². The van der Waals surface area contributed by atoms with Crippen molar-refractivity contribution in [2.45, 2.75) is 18.9 Å². The lowest BCUT2D eigenvalue weighted by Crippen LogP contribution is -2.47. The van der Waals surface area contributed by atoms with Crippen LogP contribution in [0.4, 0.5) is 4.79 Å². The summed E-state index contributed by atoms with van der Waals surface area (Å²) in [6, 6.07) is 0.0850. The number of urea groups is 1. The molecular weight excluding hydrogens is 168 g/mol. The first-order chi connectivity index (χ1) is 6.15. The number of hydrogen-bond acceptors (Lipinski definition) is 2. The van der Waals surface area contributed by atoms with E-state index >= 15 is 0 Å². The van der Waals surface area contributed by atoms with Gasteiger partial charge >= 0.3 is 6.03 Å². The van der Waals surface area contributed by atoms with Gasteiger partial charge in [0.1, 0.15) is 0 Å². The normalized spacial score (nSPS) is 23.0. The number of likely N-dealkylation sites (tertiary alicyclic amines) is 1. The van der Waals surface area contributed by atoms with Gasteiger partial charge in [-0.2, -0.15) is 0 Å². The van der Waals surface area contributed by atoms with Crippen molar-refractivity contribution in [1.29, 1.82) is 0 Å². The standard InChI is InChI=1S/C9H18N2O2/c1-10(2)9(12)11-6-4-5-8(7-11)13-3/h8H,4-7H2,1-3H3. The van der Waals surface area contributed by atoms with Crippen molar-refractivity contribution in [2.75, 3.05) is 34.3 Å². The molecule has 0 saturated carbocycles. The minimum Gasteiger partial charge on any atom is -0.380 e. The fraction of sp³-hybridized carbons (Fsp3) is 0.889. The predicted octanol–water partition coefficient (Wildman–Crippen LogP) is 0.779. The van der Waals surface area contributed by atoms with Gasteiger partial charge in [-0.3, -0.25) is 0 Å². The molecule has 4 nitrogen and oxygen atoms in total. The molecule has 1 unspecified atom stereocenters. The van der Waals surface area contributed by atoms with Crippen LogP contribution < -0.4 is 0 Å². The molecule has 0 bridgehead atoms. The van der Waals surface area contributed by atoms with E-state index in [1.807, 2.05) is 4.90 Å². The van der Waals surface area contributed by atoms with Crippen molar-refractivity contribution >= 4 is 6.03 Å². The maximum absolute atomic E-state index is 11.6. The molecule has 76 valence electrons. The Hall–Kier alpha value is -0.770. The van der Waals surface area contributed by atoms with Gasteiger partial charge in [-0.15, -0.1) is 0 Å². The topological polar surface area (TPSA) is 32.8 Å². The van der Waals surface area contributed by atoms with Gasteiger partial charge in [0.15, 0.2) is 0 Å². The zero-order chi connectivity index (χ0) is 9.84. The largest absolute Gasteiger partial charge is 0.380 e. The third kappa shape index (κ3) is 2.59. The predicted molar refractivity (Wildman–Crippen MR) is 50.7 cm³/mol. The van der Waals surface area contributed by atoms with Crippen LogP contribution in [0, 0.1) is 0 Å². The molecule has 0 spiro atoms. The highest BCUT2D eigenvalue weighted by Crippen LogP contribution is 2.13. The van der Waals surface area contributed by atoms with Crippen molar-refractivity contribution in [3.63, 3.8) is 0 Å². The summed E-state index contributed by atoms with van der Waals surface area (Å²) >= 11 is 0. The summed E-state index contributed by atoms with van der Waals surface area (Å²) in [5.41, 5.74) is 0. The Morgan fingerprint density at radius 2 is 2.23 bits per heavy atom. The molecule has 0 aromatic rings. The lowest BCUT2D eigenvalue weighted by molar-refractivity contribution is 0.0390. The monoisotopic (exact) mass is 186 g/mol. The van der Waals surface area contributed by atoms with Crippen LogP contribution in [0.2, 0.25) is 0 Å². The van der Waals surface area contributed by atoms with E-state index in [1.54, 1.807) is 26.1 Å². The van der Waals surface area contributed by atoms with E-state index in [-0.39, 0.29) is 12.1 Å². The molecule has 2 amide bonds. The molecule has 1 rings (SSSR count). The molecule has 0 N–H and O–H groups in total. The number of piperidine rings is 1. The highest BCUT2D eigenvalue weighted by atomic mass is 16.5. The minimum absolute atomic E-state index is 0.0850. The summed E-state index contributed by atoms with van der Waals surface area (Å²) in [5.74, 6) is 0. The number of carbonyl (C=O) groups is 1. The summed E-state index contributed by atoms with van der Waals surface area (Å²) in [6.07, 6.45) is 2.32. The van der Waals surface area contributed by atoms with Crippen LogP contribution in [0.25, 0.3) is 0 Å². The highest BCUT2D eigenvalue weighted by Gasteiger charge is 2.23. The van der Waals surface area contributed by atoms with Gasteiger partial charge in [-0.1, -0.05) is 0 Å². The first kappa shape index (κ1) is 10.3. The number of hydrogen-bond donors (Lipinski definition) is 0. The zero-order valence-corrected chi connectivity index (χ0v) is 8.62. The van der Waals surface area contributed by atoms with E-state index in [2.05, 4.69) is 0 Å². The summed E-state index contributed by atoms with van der Waals surface area (Å²) in [4.78, 5) is 15.0. The number of nitrogens with zero attached hydrogens (tertiary/aromatic N) is 2. The van der Waals surface area contributed by atoms with Gasteiger partial charge in [0, 0.05) is 34.3 Å². The molecule has 1 fully saturated rings. The fourth-order valence-electron chi connectivity index (χ4n) is 1.59. The molecule has 0 aromatic heterocycles. The lowest BCUT2D eigenvalue weighted by Gasteiger charge is -2.33. The van der Waals surface area contributed by atoms with E-state index < -0.39 is 0 Å². The maximum Gasteiger partial charge on any atom is 0.319 e. The average molecular weight is 186 g/mol. The van der Waals surface area contributed by atoms with Gasteiger partial charge in [0.05, 0.1) is 6.10 Å². The van der Waals surface area contributed by atoms with Crippen LogP contribution in [-0.2, 0) is 4.74 Å². The Morgan fingerprint density at radius 3 is 2.77 bits per heavy atom. The Morgan fingerprint density at radius 1 is 1.54 bits per heavy atom. The lowest BCUT2D eigenvalue weighted by atomic mass is 10.1. The Labute approximate surface area is 79.4 Å². The van der Waals surface area contributed by atoms with Crippen LogP contribution in [-0.4, -0.2) is 56.2 Å². The SMILES string of the molecule is COC1CCCN(C(=O)N(C)C)C1. The average Bonchev–Trinajstić information content (AvgIpc) is 2.16. The van der Waals surface area contributed by atoms with E-state index in [0.717, 1.165) is 25.9 Å². The van der Waals surface area contributed by atoms with Crippen LogP contribution in [0.1, 0.15) is 12.8 Å². The smallest absolute Gasteiger partial charge is 0.319 e. The van der Waals surface area contributed by atoms with Crippen LogP contribution in [0.3, 0.4) is 0 Å².